The number of aryl methyl sites for hydroxylation is 1. The zero-order valence-electron chi connectivity index (χ0n) is 21.1. The topological polar surface area (TPSA) is 103 Å². The third-order valence-corrected chi connectivity index (χ3v) is 8.54. The van der Waals surface area contributed by atoms with Crippen LogP contribution in [0.1, 0.15) is 47.1 Å². The first kappa shape index (κ1) is 29.0. The van der Waals surface area contributed by atoms with Crippen molar-refractivity contribution < 1.29 is 19.4 Å². The molecule has 1 aromatic heterocycles. The van der Waals surface area contributed by atoms with Crippen LogP contribution in [0.3, 0.4) is 0 Å². The van der Waals surface area contributed by atoms with Gasteiger partial charge in [0.15, 0.2) is 11.5 Å². The van der Waals surface area contributed by atoms with Gasteiger partial charge in [-0.2, -0.15) is 9.78 Å². The van der Waals surface area contributed by atoms with Crippen LogP contribution in [0.5, 0.6) is 11.5 Å². The molecule has 1 heterocycles. The first-order chi connectivity index (χ1) is 18.7. The molecule has 0 saturated carbocycles. The fraction of sp³-hybridized carbons (Fsp3) is 0.214. The first-order valence-electron chi connectivity index (χ1n) is 12.0. The number of hydrogen-bond acceptors (Lipinski definition) is 6. The van der Waals surface area contributed by atoms with E-state index in [0.717, 1.165) is 22.9 Å². The van der Waals surface area contributed by atoms with Crippen LogP contribution in [-0.2, 0) is 13.0 Å². The van der Waals surface area contributed by atoms with E-state index in [4.69, 9.17) is 19.6 Å². The summed E-state index contributed by atoms with van der Waals surface area (Å²) in [6.07, 6.45) is 4.02. The smallest absolute Gasteiger partial charge is 0.335 e. The Labute approximate surface area is 250 Å². The normalized spacial score (nSPS) is 11.3. The Morgan fingerprint density at radius 3 is 2.51 bits per heavy atom. The van der Waals surface area contributed by atoms with Gasteiger partial charge in [-0.25, -0.2) is 9.78 Å². The highest BCUT2D eigenvalue weighted by Crippen LogP contribution is 2.42. The summed E-state index contributed by atoms with van der Waals surface area (Å²) in [7, 11) is 1.53. The van der Waals surface area contributed by atoms with Gasteiger partial charge in [-0.05, 0) is 80.2 Å². The number of unbranched alkanes of at least 4 members (excludes halogenated alkanes) is 1. The number of carboxylic acid groups (broad SMARTS) is 1. The third-order valence-electron chi connectivity index (χ3n) is 5.90. The third kappa shape index (κ3) is 6.59. The molecule has 4 rings (SSSR count). The van der Waals surface area contributed by atoms with E-state index in [1.807, 2.05) is 12.1 Å². The standard InChI is InChI=1S/C28H24Br3N3O5/c1-3-4-5-23-33-21-11-10-19(29)13-20(21)27(35)34(23)32-14-18-12-22(38-2)26(25(31)24(18)30)39-15-16-6-8-17(9-7-16)28(36)37/h6-14H,3-5,15H2,1-2H3,(H,36,37). The Bertz CT molecular complexity index is 1620. The molecule has 1 N–H and O–H groups in total. The molecule has 39 heavy (non-hydrogen) atoms. The number of hydrogen-bond donors (Lipinski definition) is 1. The second-order valence-electron chi connectivity index (χ2n) is 8.57. The zero-order chi connectivity index (χ0) is 28.1. The summed E-state index contributed by atoms with van der Waals surface area (Å²) in [6, 6.07) is 13.6. The molecule has 0 amide bonds. The van der Waals surface area contributed by atoms with E-state index in [2.05, 4.69) is 59.8 Å². The van der Waals surface area contributed by atoms with Crippen molar-refractivity contribution in [1.82, 2.24) is 9.66 Å². The van der Waals surface area contributed by atoms with E-state index in [1.54, 1.807) is 30.5 Å². The quantitative estimate of drug-likeness (QED) is 0.174. The lowest BCUT2D eigenvalue weighted by Gasteiger charge is -2.15. The average molecular weight is 722 g/mol. The lowest BCUT2D eigenvalue weighted by Crippen LogP contribution is -2.22. The van der Waals surface area contributed by atoms with Gasteiger partial charge in [0.05, 0.1) is 34.3 Å². The van der Waals surface area contributed by atoms with Crippen LogP contribution in [0.4, 0.5) is 0 Å². The highest BCUT2D eigenvalue weighted by atomic mass is 79.9. The van der Waals surface area contributed by atoms with Gasteiger partial charge in [0.1, 0.15) is 12.4 Å². The summed E-state index contributed by atoms with van der Waals surface area (Å²) in [6.45, 7) is 2.28. The van der Waals surface area contributed by atoms with Gasteiger partial charge >= 0.3 is 5.97 Å². The highest BCUT2D eigenvalue weighted by Gasteiger charge is 2.18. The predicted molar refractivity (Wildman–Crippen MR) is 161 cm³/mol. The number of carbonyl (C=O) groups is 1. The second-order valence-corrected chi connectivity index (χ2v) is 11.1. The van der Waals surface area contributed by atoms with Gasteiger partial charge in [-0.3, -0.25) is 4.79 Å². The number of methoxy groups -OCH3 is 1. The van der Waals surface area contributed by atoms with Gasteiger partial charge in [0.2, 0.25) is 0 Å². The molecule has 0 aliphatic carbocycles. The Kier molecular flexibility index (Phi) is 9.58. The lowest BCUT2D eigenvalue weighted by molar-refractivity contribution is 0.0697. The largest absolute Gasteiger partial charge is 0.493 e. The lowest BCUT2D eigenvalue weighted by atomic mass is 10.1. The van der Waals surface area contributed by atoms with Gasteiger partial charge in [-0.1, -0.05) is 41.4 Å². The molecule has 0 aliphatic rings. The second kappa shape index (κ2) is 12.9. The summed E-state index contributed by atoms with van der Waals surface area (Å²) in [5, 5.41) is 14.1. The number of fused-ring (bicyclic) bond motifs is 1. The van der Waals surface area contributed by atoms with E-state index in [-0.39, 0.29) is 17.7 Å². The Balaban J connectivity index is 1.68. The van der Waals surface area contributed by atoms with Crippen molar-refractivity contribution in [2.45, 2.75) is 32.8 Å². The number of carboxylic acids is 1. The van der Waals surface area contributed by atoms with Crippen LogP contribution < -0.4 is 15.0 Å². The van der Waals surface area contributed by atoms with Gasteiger partial charge in [0, 0.05) is 20.9 Å². The maximum Gasteiger partial charge on any atom is 0.335 e. The van der Waals surface area contributed by atoms with Crippen LogP contribution in [0.15, 0.2) is 71.8 Å². The van der Waals surface area contributed by atoms with Crippen LogP contribution in [0.25, 0.3) is 10.9 Å². The Morgan fingerprint density at radius 2 is 1.85 bits per heavy atom. The zero-order valence-corrected chi connectivity index (χ0v) is 25.8. The Hall–Kier alpha value is -3.02. The number of halogens is 3. The van der Waals surface area contributed by atoms with Crippen molar-refractivity contribution in [2.24, 2.45) is 5.10 Å². The van der Waals surface area contributed by atoms with Crippen molar-refractivity contribution in [1.29, 1.82) is 0 Å². The summed E-state index contributed by atoms with van der Waals surface area (Å²) >= 11 is 10.6. The minimum absolute atomic E-state index is 0.198. The molecule has 3 aromatic carbocycles. The number of benzene rings is 3. The highest BCUT2D eigenvalue weighted by molar-refractivity contribution is 9.13. The molecule has 0 unspecified atom stereocenters. The number of aromatic nitrogens is 2. The van der Waals surface area contributed by atoms with Crippen molar-refractivity contribution in [3.05, 3.63) is 94.8 Å². The number of ether oxygens (including phenoxy) is 2. The molecule has 0 atom stereocenters. The molecule has 0 spiro atoms. The molecule has 11 heteroatoms. The molecule has 0 bridgehead atoms. The van der Waals surface area contributed by atoms with Crippen molar-refractivity contribution in [2.75, 3.05) is 7.11 Å². The van der Waals surface area contributed by atoms with Crippen LogP contribution >= 0.6 is 47.8 Å². The fourth-order valence-electron chi connectivity index (χ4n) is 3.81. The SMILES string of the molecule is CCCCc1nc2ccc(Br)cc2c(=O)n1N=Cc1cc(OC)c(OCc2ccc(C(=O)O)cc2)c(Br)c1Br. The molecule has 0 saturated heterocycles. The van der Waals surface area contributed by atoms with Gasteiger partial charge in [0.25, 0.3) is 5.56 Å². The minimum Gasteiger partial charge on any atom is -0.493 e. The monoisotopic (exact) mass is 719 g/mol. The van der Waals surface area contributed by atoms with Crippen molar-refractivity contribution in [3.63, 3.8) is 0 Å². The van der Waals surface area contributed by atoms with Gasteiger partial charge < -0.3 is 14.6 Å². The molecular formula is C28H24Br3N3O5. The van der Waals surface area contributed by atoms with E-state index >= 15 is 0 Å². The molecule has 0 radical (unpaired) electrons. The van der Waals surface area contributed by atoms with E-state index in [1.165, 1.54) is 23.9 Å². The number of nitrogens with zero attached hydrogens (tertiary/aromatic N) is 3. The molecule has 0 fully saturated rings. The molecular weight excluding hydrogens is 698 g/mol. The van der Waals surface area contributed by atoms with E-state index in [9.17, 15) is 9.59 Å². The molecule has 4 aromatic rings. The van der Waals surface area contributed by atoms with Gasteiger partial charge in [-0.15, -0.1) is 0 Å². The van der Waals surface area contributed by atoms with E-state index in [0.29, 0.717) is 49.2 Å². The fourth-order valence-corrected chi connectivity index (χ4v) is 5.11. The van der Waals surface area contributed by atoms with Crippen LogP contribution in [0.2, 0.25) is 0 Å². The predicted octanol–water partition coefficient (Wildman–Crippen LogP) is 7.19. The summed E-state index contributed by atoms with van der Waals surface area (Å²) in [4.78, 5) is 29.2. The molecule has 202 valence electrons. The van der Waals surface area contributed by atoms with E-state index < -0.39 is 5.97 Å². The number of aromatic carboxylic acids is 1. The minimum atomic E-state index is -0.986. The van der Waals surface area contributed by atoms with Crippen molar-refractivity contribution >= 4 is 70.9 Å². The van der Waals surface area contributed by atoms with Crippen LogP contribution in [0, 0.1) is 0 Å². The molecule has 8 nitrogen and oxygen atoms in total. The molecule has 0 aliphatic heterocycles. The maximum atomic E-state index is 13.4. The number of rotatable bonds is 10. The summed E-state index contributed by atoms with van der Waals surface area (Å²) in [5.74, 6) is 0.513. The average Bonchev–Trinajstić information content (AvgIpc) is 2.93. The van der Waals surface area contributed by atoms with Crippen molar-refractivity contribution in [3.8, 4) is 11.5 Å². The first-order valence-corrected chi connectivity index (χ1v) is 14.4. The van der Waals surface area contributed by atoms with Crippen LogP contribution in [-0.4, -0.2) is 34.1 Å². The summed E-state index contributed by atoms with van der Waals surface area (Å²) in [5.41, 5.74) is 2.03. The Morgan fingerprint density at radius 1 is 1.10 bits per heavy atom. The maximum absolute atomic E-state index is 13.4. The summed E-state index contributed by atoms with van der Waals surface area (Å²) < 4.78 is 15.0.